The van der Waals surface area contributed by atoms with E-state index in [0.717, 1.165) is 12.4 Å². The monoisotopic (exact) mass is 243 g/mol. The topological polar surface area (TPSA) is 29.9 Å². The highest BCUT2D eigenvalue weighted by atomic mass is 15.3. The first-order valence-electron chi connectivity index (χ1n) is 6.47. The fourth-order valence-corrected chi connectivity index (χ4v) is 2.23. The van der Waals surface area contributed by atoms with E-state index in [0.29, 0.717) is 0 Å². The Labute approximate surface area is 109 Å². The smallest absolute Gasteiger partial charge is 0.148 e. The van der Waals surface area contributed by atoms with Gasteiger partial charge in [0.05, 0.1) is 6.04 Å². The van der Waals surface area contributed by atoms with Crippen LogP contribution in [0.15, 0.2) is 30.5 Å². The standard InChI is InChI=1S/C15H21N3/c1-5-18-9-8-15(17-18)16-13(4)14-7-6-11(2)10-12(14)3/h6-10,13H,5H2,1-4H3,(H,16,17). The molecule has 0 aliphatic rings. The summed E-state index contributed by atoms with van der Waals surface area (Å²) < 4.78 is 1.93. The van der Waals surface area contributed by atoms with Gasteiger partial charge < -0.3 is 5.32 Å². The van der Waals surface area contributed by atoms with Crippen LogP contribution in [0.5, 0.6) is 0 Å². The highest BCUT2D eigenvalue weighted by molar-refractivity contribution is 5.40. The summed E-state index contributed by atoms with van der Waals surface area (Å²) in [7, 11) is 0. The molecule has 3 nitrogen and oxygen atoms in total. The van der Waals surface area contributed by atoms with Gasteiger partial charge >= 0.3 is 0 Å². The quantitative estimate of drug-likeness (QED) is 0.887. The summed E-state index contributed by atoms with van der Waals surface area (Å²) in [5, 5.41) is 7.89. The van der Waals surface area contributed by atoms with Crippen LogP contribution in [0.25, 0.3) is 0 Å². The van der Waals surface area contributed by atoms with E-state index >= 15 is 0 Å². The normalized spacial score (nSPS) is 12.4. The van der Waals surface area contributed by atoms with E-state index in [2.05, 4.69) is 56.3 Å². The Kier molecular flexibility index (Phi) is 3.70. The molecule has 2 rings (SSSR count). The van der Waals surface area contributed by atoms with E-state index in [4.69, 9.17) is 0 Å². The maximum absolute atomic E-state index is 4.45. The molecule has 1 aromatic carbocycles. The van der Waals surface area contributed by atoms with Gasteiger partial charge in [0.25, 0.3) is 0 Å². The van der Waals surface area contributed by atoms with Crippen molar-refractivity contribution in [3.63, 3.8) is 0 Å². The van der Waals surface area contributed by atoms with Crippen molar-refractivity contribution >= 4 is 5.82 Å². The van der Waals surface area contributed by atoms with E-state index in [1.54, 1.807) is 0 Å². The third-order valence-corrected chi connectivity index (χ3v) is 3.22. The molecule has 0 saturated carbocycles. The molecule has 0 aliphatic heterocycles. The van der Waals surface area contributed by atoms with Crippen LogP contribution in [-0.4, -0.2) is 9.78 Å². The van der Waals surface area contributed by atoms with Crippen molar-refractivity contribution in [2.45, 2.75) is 40.3 Å². The van der Waals surface area contributed by atoms with Crippen LogP contribution >= 0.6 is 0 Å². The van der Waals surface area contributed by atoms with Gasteiger partial charge in [0.15, 0.2) is 0 Å². The maximum Gasteiger partial charge on any atom is 0.148 e. The summed E-state index contributed by atoms with van der Waals surface area (Å²) in [6.07, 6.45) is 2.00. The zero-order valence-electron chi connectivity index (χ0n) is 11.6. The van der Waals surface area contributed by atoms with Gasteiger partial charge in [-0.1, -0.05) is 23.8 Å². The van der Waals surface area contributed by atoms with Crippen LogP contribution in [0.2, 0.25) is 0 Å². The molecule has 1 atom stereocenters. The summed E-state index contributed by atoms with van der Waals surface area (Å²) in [5.74, 6) is 0.935. The lowest BCUT2D eigenvalue weighted by Gasteiger charge is -2.16. The van der Waals surface area contributed by atoms with E-state index < -0.39 is 0 Å². The molecule has 1 unspecified atom stereocenters. The van der Waals surface area contributed by atoms with Gasteiger partial charge in [0.2, 0.25) is 0 Å². The summed E-state index contributed by atoms with van der Waals surface area (Å²) in [6, 6.07) is 8.86. The predicted octanol–water partition coefficient (Wildman–Crippen LogP) is 3.69. The molecule has 0 aliphatic carbocycles. The van der Waals surface area contributed by atoms with Crippen molar-refractivity contribution in [3.8, 4) is 0 Å². The highest BCUT2D eigenvalue weighted by Crippen LogP contribution is 2.22. The van der Waals surface area contributed by atoms with Gasteiger partial charge in [-0.05, 0) is 38.8 Å². The van der Waals surface area contributed by atoms with Gasteiger partial charge in [-0.25, -0.2) is 0 Å². The number of nitrogens with zero attached hydrogens (tertiary/aromatic N) is 2. The first-order valence-corrected chi connectivity index (χ1v) is 6.47. The van der Waals surface area contributed by atoms with E-state index in [1.165, 1.54) is 16.7 Å². The molecule has 0 spiro atoms. The van der Waals surface area contributed by atoms with Gasteiger partial charge in [0, 0.05) is 18.8 Å². The Morgan fingerprint density at radius 2 is 2.06 bits per heavy atom. The number of hydrogen-bond acceptors (Lipinski definition) is 2. The van der Waals surface area contributed by atoms with E-state index in [1.807, 2.05) is 16.9 Å². The lowest BCUT2D eigenvalue weighted by Crippen LogP contribution is -2.09. The number of aromatic nitrogens is 2. The van der Waals surface area contributed by atoms with Gasteiger partial charge in [-0.2, -0.15) is 5.10 Å². The van der Waals surface area contributed by atoms with Crippen LogP contribution in [0, 0.1) is 13.8 Å². The molecule has 18 heavy (non-hydrogen) atoms. The Bertz CT molecular complexity index is 528. The Morgan fingerprint density at radius 1 is 1.28 bits per heavy atom. The maximum atomic E-state index is 4.45. The minimum absolute atomic E-state index is 0.269. The Morgan fingerprint density at radius 3 is 2.67 bits per heavy atom. The zero-order valence-corrected chi connectivity index (χ0v) is 11.6. The molecule has 3 heteroatoms. The number of hydrogen-bond donors (Lipinski definition) is 1. The minimum Gasteiger partial charge on any atom is -0.362 e. The lowest BCUT2D eigenvalue weighted by molar-refractivity contribution is 0.659. The minimum atomic E-state index is 0.269. The lowest BCUT2D eigenvalue weighted by atomic mass is 10.0. The third-order valence-electron chi connectivity index (χ3n) is 3.22. The van der Waals surface area contributed by atoms with Crippen molar-refractivity contribution in [1.29, 1.82) is 0 Å². The second kappa shape index (κ2) is 5.25. The van der Waals surface area contributed by atoms with Crippen LogP contribution in [0.4, 0.5) is 5.82 Å². The molecule has 0 bridgehead atoms. The summed E-state index contributed by atoms with van der Waals surface area (Å²) in [5.41, 5.74) is 3.95. The SMILES string of the molecule is CCn1ccc(NC(C)c2ccc(C)cc2C)n1. The number of nitrogens with one attached hydrogen (secondary N) is 1. The number of rotatable bonds is 4. The Hall–Kier alpha value is -1.77. The van der Waals surface area contributed by atoms with Crippen molar-refractivity contribution in [2.24, 2.45) is 0 Å². The zero-order chi connectivity index (χ0) is 13.1. The van der Waals surface area contributed by atoms with Gasteiger partial charge in [0.1, 0.15) is 5.82 Å². The van der Waals surface area contributed by atoms with Crippen molar-refractivity contribution in [3.05, 3.63) is 47.2 Å². The molecule has 1 N–H and O–H groups in total. The number of aryl methyl sites for hydroxylation is 3. The van der Waals surface area contributed by atoms with Gasteiger partial charge in [-0.15, -0.1) is 0 Å². The summed E-state index contributed by atoms with van der Waals surface area (Å²) in [4.78, 5) is 0. The Balaban J connectivity index is 2.13. The fraction of sp³-hybridized carbons (Fsp3) is 0.400. The molecule has 96 valence electrons. The summed E-state index contributed by atoms with van der Waals surface area (Å²) in [6.45, 7) is 9.44. The van der Waals surface area contributed by atoms with Crippen molar-refractivity contribution < 1.29 is 0 Å². The second-order valence-electron chi connectivity index (χ2n) is 4.78. The van der Waals surface area contributed by atoms with E-state index in [9.17, 15) is 0 Å². The molecule has 0 radical (unpaired) electrons. The van der Waals surface area contributed by atoms with Crippen LogP contribution in [0.1, 0.15) is 36.6 Å². The molecular weight excluding hydrogens is 222 g/mol. The molecule has 0 saturated heterocycles. The van der Waals surface area contributed by atoms with Gasteiger partial charge in [-0.3, -0.25) is 4.68 Å². The average Bonchev–Trinajstić information content (AvgIpc) is 2.76. The van der Waals surface area contributed by atoms with Crippen LogP contribution < -0.4 is 5.32 Å². The van der Waals surface area contributed by atoms with Crippen molar-refractivity contribution in [1.82, 2.24) is 9.78 Å². The van der Waals surface area contributed by atoms with E-state index in [-0.39, 0.29) is 6.04 Å². The summed E-state index contributed by atoms with van der Waals surface area (Å²) >= 11 is 0. The van der Waals surface area contributed by atoms with Crippen molar-refractivity contribution in [2.75, 3.05) is 5.32 Å². The predicted molar refractivity (Wildman–Crippen MR) is 75.9 cm³/mol. The molecular formula is C15H21N3. The number of benzene rings is 1. The first kappa shape index (κ1) is 12.7. The molecule has 1 aromatic heterocycles. The number of anilines is 1. The molecule has 1 heterocycles. The largest absolute Gasteiger partial charge is 0.362 e. The fourth-order valence-electron chi connectivity index (χ4n) is 2.23. The second-order valence-corrected chi connectivity index (χ2v) is 4.78. The van der Waals surface area contributed by atoms with Crippen LogP contribution in [-0.2, 0) is 6.54 Å². The third kappa shape index (κ3) is 2.73. The molecule has 2 aromatic rings. The molecule has 0 amide bonds. The average molecular weight is 243 g/mol. The first-order chi connectivity index (χ1) is 8.60. The highest BCUT2D eigenvalue weighted by Gasteiger charge is 2.09. The van der Waals surface area contributed by atoms with Crippen LogP contribution in [0.3, 0.4) is 0 Å². The molecule has 0 fully saturated rings.